The molecule has 0 amide bonds. The average Bonchev–Trinajstić information content (AvgIpc) is 2.83. The minimum Gasteiger partial charge on any atom is -0.478 e. The molecule has 0 aliphatic rings. The van der Waals surface area contributed by atoms with E-state index in [9.17, 15) is 4.79 Å². The molecule has 88 valence electrons. The zero-order valence-corrected chi connectivity index (χ0v) is 9.42. The van der Waals surface area contributed by atoms with Gasteiger partial charge in [0.05, 0.1) is 11.1 Å². The SMILES string of the molecule is O=C(O)c1c[nH]c2c(-c3cccnc3)cccc12. The number of rotatable bonds is 2. The number of fused-ring (bicyclic) bond motifs is 1. The zero-order chi connectivity index (χ0) is 12.5. The highest BCUT2D eigenvalue weighted by atomic mass is 16.4. The minimum atomic E-state index is -0.926. The van der Waals surface area contributed by atoms with Crippen LogP contribution in [0.1, 0.15) is 10.4 Å². The summed E-state index contributed by atoms with van der Waals surface area (Å²) in [5.74, 6) is -0.926. The molecule has 2 heterocycles. The van der Waals surface area contributed by atoms with Gasteiger partial charge >= 0.3 is 5.97 Å². The molecule has 0 aliphatic carbocycles. The smallest absolute Gasteiger partial charge is 0.337 e. The van der Waals surface area contributed by atoms with Gasteiger partial charge in [0.2, 0.25) is 0 Å². The lowest BCUT2D eigenvalue weighted by atomic mass is 10.0. The lowest BCUT2D eigenvalue weighted by Gasteiger charge is -2.02. The second-order valence-electron chi connectivity index (χ2n) is 3.98. The van der Waals surface area contributed by atoms with Crippen molar-refractivity contribution in [3.63, 3.8) is 0 Å². The van der Waals surface area contributed by atoms with E-state index in [1.165, 1.54) is 6.20 Å². The average molecular weight is 238 g/mol. The summed E-state index contributed by atoms with van der Waals surface area (Å²) < 4.78 is 0. The molecule has 0 radical (unpaired) electrons. The van der Waals surface area contributed by atoms with E-state index in [2.05, 4.69) is 9.97 Å². The van der Waals surface area contributed by atoms with Crippen LogP contribution in [0.25, 0.3) is 22.0 Å². The molecule has 0 fully saturated rings. The van der Waals surface area contributed by atoms with Crippen molar-refractivity contribution in [3.05, 3.63) is 54.5 Å². The van der Waals surface area contributed by atoms with E-state index in [0.29, 0.717) is 5.39 Å². The zero-order valence-electron chi connectivity index (χ0n) is 9.42. The molecular weight excluding hydrogens is 228 g/mol. The molecule has 1 aromatic carbocycles. The highest BCUT2D eigenvalue weighted by Gasteiger charge is 2.13. The third-order valence-electron chi connectivity index (χ3n) is 2.92. The van der Waals surface area contributed by atoms with Crippen molar-refractivity contribution in [2.75, 3.05) is 0 Å². The van der Waals surface area contributed by atoms with Crippen LogP contribution in [0.4, 0.5) is 0 Å². The Balaban J connectivity index is 2.29. The molecule has 0 spiro atoms. The van der Waals surface area contributed by atoms with Gasteiger partial charge in [-0.1, -0.05) is 24.3 Å². The monoisotopic (exact) mass is 238 g/mol. The molecule has 0 bridgehead atoms. The van der Waals surface area contributed by atoms with Gasteiger partial charge in [-0.25, -0.2) is 4.79 Å². The number of nitrogens with one attached hydrogen (secondary N) is 1. The molecule has 18 heavy (non-hydrogen) atoms. The molecule has 3 rings (SSSR count). The maximum absolute atomic E-state index is 11.1. The fraction of sp³-hybridized carbons (Fsp3) is 0. The lowest BCUT2D eigenvalue weighted by Crippen LogP contribution is -1.93. The minimum absolute atomic E-state index is 0.288. The van der Waals surface area contributed by atoms with Crippen molar-refractivity contribution in [3.8, 4) is 11.1 Å². The first-order chi connectivity index (χ1) is 8.77. The number of carboxylic acids is 1. The Morgan fingerprint density at radius 2 is 2.11 bits per heavy atom. The van der Waals surface area contributed by atoms with E-state index in [1.54, 1.807) is 18.5 Å². The number of pyridine rings is 1. The molecule has 4 heteroatoms. The predicted octanol–water partition coefficient (Wildman–Crippen LogP) is 2.93. The van der Waals surface area contributed by atoms with Gasteiger partial charge in [0.1, 0.15) is 0 Å². The highest BCUT2D eigenvalue weighted by molar-refractivity contribution is 6.07. The number of benzene rings is 1. The number of hydrogen-bond acceptors (Lipinski definition) is 2. The fourth-order valence-corrected chi connectivity index (χ4v) is 2.09. The quantitative estimate of drug-likeness (QED) is 0.721. The van der Waals surface area contributed by atoms with Gasteiger partial charge in [0.25, 0.3) is 0 Å². The Morgan fingerprint density at radius 1 is 1.22 bits per heavy atom. The summed E-state index contributed by atoms with van der Waals surface area (Å²) in [5, 5.41) is 9.81. The first-order valence-electron chi connectivity index (χ1n) is 5.51. The van der Waals surface area contributed by atoms with Crippen LogP contribution in [0, 0.1) is 0 Å². The number of carboxylic acid groups (broad SMARTS) is 1. The number of H-pyrrole nitrogens is 1. The van der Waals surface area contributed by atoms with Gasteiger partial charge in [-0.15, -0.1) is 0 Å². The normalized spacial score (nSPS) is 10.7. The summed E-state index contributed by atoms with van der Waals surface area (Å²) in [6, 6.07) is 9.40. The van der Waals surface area contributed by atoms with Crippen LogP contribution in [0.2, 0.25) is 0 Å². The standard InChI is InChI=1S/C14H10N2O2/c17-14(18)12-8-16-13-10(4-1-5-11(12)13)9-3-2-6-15-7-9/h1-8,16H,(H,17,18). The van der Waals surface area contributed by atoms with Crippen LogP contribution >= 0.6 is 0 Å². The van der Waals surface area contributed by atoms with E-state index in [-0.39, 0.29) is 5.56 Å². The Bertz CT molecular complexity index is 717. The van der Waals surface area contributed by atoms with Crippen molar-refractivity contribution in [1.82, 2.24) is 9.97 Å². The van der Waals surface area contributed by atoms with Crippen LogP contribution in [-0.2, 0) is 0 Å². The van der Waals surface area contributed by atoms with Gasteiger partial charge < -0.3 is 10.1 Å². The van der Waals surface area contributed by atoms with Crippen molar-refractivity contribution in [1.29, 1.82) is 0 Å². The predicted molar refractivity (Wildman–Crippen MR) is 68.5 cm³/mol. The maximum atomic E-state index is 11.1. The topological polar surface area (TPSA) is 66.0 Å². The van der Waals surface area contributed by atoms with Gasteiger partial charge in [-0.3, -0.25) is 4.98 Å². The van der Waals surface area contributed by atoms with Crippen LogP contribution < -0.4 is 0 Å². The highest BCUT2D eigenvalue weighted by Crippen LogP contribution is 2.29. The number of aromatic nitrogens is 2. The molecule has 0 saturated carbocycles. The molecule has 2 N–H and O–H groups in total. The molecule has 4 nitrogen and oxygen atoms in total. The molecule has 0 unspecified atom stereocenters. The second-order valence-corrected chi connectivity index (χ2v) is 3.98. The van der Waals surface area contributed by atoms with Crippen molar-refractivity contribution < 1.29 is 9.90 Å². The lowest BCUT2D eigenvalue weighted by molar-refractivity contribution is 0.0699. The second kappa shape index (κ2) is 4.00. The number of hydrogen-bond donors (Lipinski definition) is 2. The number of carbonyl (C=O) groups is 1. The summed E-state index contributed by atoms with van der Waals surface area (Å²) in [4.78, 5) is 18.2. The summed E-state index contributed by atoms with van der Waals surface area (Å²) in [6.45, 7) is 0. The van der Waals surface area contributed by atoms with Crippen LogP contribution in [0.5, 0.6) is 0 Å². The number of aromatic carboxylic acids is 1. The largest absolute Gasteiger partial charge is 0.478 e. The van der Waals surface area contributed by atoms with E-state index in [1.807, 2.05) is 24.3 Å². The Kier molecular flexibility index (Phi) is 2.34. The molecule has 3 aromatic rings. The summed E-state index contributed by atoms with van der Waals surface area (Å²) in [5.41, 5.74) is 3.02. The van der Waals surface area contributed by atoms with E-state index in [0.717, 1.165) is 16.6 Å². The number of nitrogens with zero attached hydrogens (tertiary/aromatic N) is 1. The van der Waals surface area contributed by atoms with Crippen LogP contribution in [-0.4, -0.2) is 21.0 Å². The van der Waals surface area contributed by atoms with E-state index < -0.39 is 5.97 Å². The van der Waals surface area contributed by atoms with Crippen molar-refractivity contribution >= 4 is 16.9 Å². The summed E-state index contributed by atoms with van der Waals surface area (Å²) in [6.07, 6.45) is 4.99. The molecule has 0 saturated heterocycles. The Hall–Kier alpha value is -2.62. The third kappa shape index (κ3) is 1.55. The summed E-state index contributed by atoms with van der Waals surface area (Å²) in [7, 11) is 0. The van der Waals surface area contributed by atoms with Crippen LogP contribution in [0.3, 0.4) is 0 Å². The number of aromatic amines is 1. The molecule has 2 aromatic heterocycles. The van der Waals surface area contributed by atoms with Gasteiger partial charge in [-0.05, 0) is 6.07 Å². The van der Waals surface area contributed by atoms with E-state index >= 15 is 0 Å². The number of para-hydroxylation sites is 1. The maximum Gasteiger partial charge on any atom is 0.337 e. The molecular formula is C14H10N2O2. The first kappa shape index (κ1) is 10.5. The van der Waals surface area contributed by atoms with Crippen molar-refractivity contribution in [2.24, 2.45) is 0 Å². The summed E-state index contributed by atoms with van der Waals surface area (Å²) >= 11 is 0. The Morgan fingerprint density at radius 3 is 2.83 bits per heavy atom. The fourth-order valence-electron chi connectivity index (χ4n) is 2.09. The van der Waals surface area contributed by atoms with Crippen molar-refractivity contribution in [2.45, 2.75) is 0 Å². The van der Waals surface area contributed by atoms with Gasteiger partial charge in [0.15, 0.2) is 0 Å². The first-order valence-corrected chi connectivity index (χ1v) is 5.51. The van der Waals surface area contributed by atoms with Gasteiger partial charge in [-0.2, -0.15) is 0 Å². The third-order valence-corrected chi connectivity index (χ3v) is 2.92. The van der Waals surface area contributed by atoms with Gasteiger partial charge in [0, 0.05) is 35.1 Å². The molecule has 0 atom stereocenters. The molecule has 0 aliphatic heterocycles. The van der Waals surface area contributed by atoms with Crippen LogP contribution in [0.15, 0.2) is 48.9 Å². The van der Waals surface area contributed by atoms with E-state index in [4.69, 9.17) is 5.11 Å². The Labute approximate surface area is 103 Å².